The largest absolute Gasteiger partial charge is 0.480 e. The van der Waals surface area contributed by atoms with E-state index in [1.807, 2.05) is 13.8 Å². The molecule has 0 saturated heterocycles. The fraction of sp³-hybridized carbons (Fsp3) is 0.833. The summed E-state index contributed by atoms with van der Waals surface area (Å²) in [7, 11) is 0. The lowest BCUT2D eigenvalue weighted by Gasteiger charge is -2.17. The number of carboxylic acid groups (broad SMARTS) is 1. The highest BCUT2D eigenvalue weighted by molar-refractivity contribution is 5.82. The minimum absolute atomic E-state index is 0.147. The van der Waals surface area contributed by atoms with Crippen LogP contribution in [0.3, 0.4) is 0 Å². The Bertz CT molecular complexity index is 313. The maximum atomic E-state index is 11.6. The molecule has 0 radical (unpaired) electrons. The fourth-order valence-corrected chi connectivity index (χ4v) is 1.76. The van der Waals surface area contributed by atoms with Crippen molar-refractivity contribution >= 4 is 12.0 Å². The Morgan fingerprint density at radius 2 is 1.94 bits per heavy atom. The van der Waals surface area contributed by atoms with Gasteiger partial charge in [-0.25, -0.2) is 9.59 Å². The highest BCUT2D eigenvalue weighted by Gasteiger charge is 2.46. The van der Waals surface area contributed by atoms with Gasteiger partial charge in [0.05, 0.1) is 0 Å². The maximum absolute atomic E-state index is 11.6. The summed E-state index contributed by atoms with van der Waals surface area (Å²) in [5, 5.41) is 14.3. The molecule has 5 heteroatoms. The second-order valence-electron chi connectivity index (χ2n) is 5.88. The van der Waals surface area contributed by atoms with Crippen LogP contribution in [0.25, 0.3) is 0 Å². The van der Waals surface area contributed by atoms with Gasteiger partial charge in [0.2, 0.25) is 0 Å². The number of rotatable bonds is 5. The van der Waals surface area contributed by atoms with Crippen LogP contribution in [0.4, 0.5) is 4.79 Å². The van der Waals surface area contributed by atoms with Crippen molar-refractivity contribution in [3.8, 4) is 0 Å². The summed E-state index contributed by atoms with van der Waals surface area (Å²) >= 11 is 0. The molecule has 1 saturated carbocycles. The number of urea groups is 1. The molecule has 2 atom stereocenters. The zero-order chi connectivity index (χ0) is 13.2. The summed E-state index contributed by atoms with van der Waals surface area (Å²) in [4.78, 5) is 22.5. The first-order chi connectivity index (χ1) is 7.72. The highest BCUT2D eigenvalue weighted by Crippen LogP contribution is 2.44. The molecule has 0 aromatic heterocycles. The van der Waals surface area contributed by atoms with Crippen molar-refractivity contribution in [3.63, 3.8) is 0 Å². The van der Waals surface area contributed by atoms with Crippen LogP contribution < -0.4 is 10.6 Å². The van der Waals surface area contributed by atoms with Crippen LogP contribution in [-0.2, 0) is 4.79 Å². The van der Waals surface area contributed by atoms with Gasteiger partial charge in [0.1, 0.15) is 6.04 Å². The fourth-order valence-electron chi connectivity index (χ4n) is 1.76. The summed E-state index contributed by atoms with van der Waals surface area (Å²) in [6.45, 7) is 8.00. The molecule has 0 aromatic carbocycles. The Balaban J connectivity index is 2.39. The Hall–Kier alpha value is -1.26. The van der Waals surface area contributed by atoms with Gasteiger partial charge in [-0.15, -0.1) is 0 Å². The molecule has 17 heavy (non-hydrogen) atoms. The number of carbonyl (C=O) groups excluding carboxylic acids is 1. The van der Waals surface area contributed by atoms with Crippen molar-refractivity contribution in [2.75, 3.05) is 0 Å². The molecule has 1 rings (SSSR count). The van der Waals surface area contributed by atoms with Crippen LogP contribution >= 0.6 is 0 Å². The first-order valence-corrected chi connectivity index (χ1v) is 6.02. The Labute approximate surface area is 102 Å². The molecule has 98 valence electrons. The van der Waals surface area contributed by atoms with Crippen LogP contribution in [0, 0.1) is 11.3 Å². The summed E-state index contributed by atoms with van der Waals surface area (Å²) in [5.74, 6) is -0.752. The number of nitrogens with one attached hydrogen (secondary N) is 2. The number of hydrogen-bond acceptors (Lipinski definition) is 2. The van der Waals surface area contributed by atoms with Crippen LogP contribution in [0.15, 0.2) is 0 Å². The third kappa shape index (κ3) is 4.24. The molecule has 2 amide bonds. The summed E-state index contributed by atoms with van der Waals surface area (Å²) in [5.41, 5.74) is 0.147. The van der Waals surface area contributed by atoms with Gasteiger partial charge in [0.15, 0.2) is 0 Å². The molecule has 0 aliphatic heterocycles. The third-order valence-electron chi connectivity index (χ3n) is 3.13. The van der Waals surface area contributed by atoms with Gasteiger partial charge in [-0.2, -0.15) is 0 Å². The Morgan fingerprint density at radius 1 is 1.41 bits per heavy atom. The summed E-state index contributed by atoms with van der Waals surface area (Å²) < 4.78 is 0. The third-order valence-corrected chi connectivity index (χ3v) is 3.13. The molecule has 2 unspecified atom stereocenters. The van der Waals surface area contributed by atoms with E-state index in [9.17, 15) is 9.59 Å². The Morgan fingerprint density at radius 3 is 2.29 bits per heavy atom. The molecular weight excluding hydrogens is 220 g/mol. The van der Waals surface area contributed by atoms with Gasteiger partial charge in [-0.3, -0.25) is 0 Å². The number of carbonyl (C=O) groups is 2. The van der Waals surface area contributed by atoms with E-state index in [0.717, 1.165) is 6.42 Å². The van der Waals surface area contributed by atoms with Crippen molar-refractivity contribution in [1.29, 1.82) is 0 Å². The van der Waals surface area contributed by atoms with Gasteiger partial charge in [0.25, 0.3) is 0 Å². The zero-order valence-corrected chi connectivity index (χ0v) is 10.9. The summed E-state index contributed by atoms with van der Waals surface area (Å²) in [6.07, 6.45) is 1.39. The lowest BCUT2D eigenvalue weighted by atomic mass is 10.0. The minimum atomic E-state index is -0.982. The number of amides is 2. The Kier molecular flexibility index (Phi) is 4.01. The van der Waals surface area contributed by atoms with Crippen molar-refractivity contribution < 1.29 is 14.7 Å². The van der Waals surface area contributed by atoms with E-state index in [2.05, 4.69) is 24.5 Å². The number of hydrogen-bond donors (Lipinski definition) is 3. The SMILES string of the molecule is CC(C)CC(NC(=O)NC1CC1(C)C)C(=O)O. The van der Waals surface area contributed by atoms with Gasteiger partial charge < -0.3 is 15.7 Å². The van der Waals surface area contributed by atoms with E-state index < -0.39 is 12.0 Å². The highest BCUT2D eigenvalue weighted by atomic mass is 16.4. The maximum Gasteiger partial charge on any atom is 0.326 e. The molecule has 0 heterocycles. The van der Waals surface area contributed by atoms with Crippen molar-refractivity contribution in [2.24, 2.45) is 11.3 Å². The first kappa shape index (κ1) is 13.8. The van der Waals surface area contributed by atoms with Crippen molar-refractivity contribution in [3.05, 3.63) is 0 Å². The van der Waals surface area contributed by atoms with Gasteiger partial charge in [-0.1, -0.05) is 27.7 Å². The van der Waals surface area contributed by atoms with E-state index in [4.69, 9.17) is 5.11 Å². The molecule has 0 aromatic rings. The van der Waals surface area contributed by atoms with E-state index in [0.29, 0.717) is 6.42 Å². The summed E-state index contributed by atoms with van der Waals surface area (Å²) in [6, 6.07) is -1.03. The second-order valence-corrected chi connectivity index (χ2v) is 5.88. The average molecular weight is 242 g/mol. The average Bonchev–Trinajstić information content (AvgIpc) is 2.71. The predicted molar refractivity (Wildman–Crippen MR) is 64.7 cm³/mol. The van der Waals surface area contributed by atoms with Crippen molar-refractivity contribution in [1.82, 2.24) is 10.6 Å². The second kappa shape index (κ2) is 4.94. The lowest BCUT2D eigenvalue weighted by molar-refractivity contribution is -0.139. The standard InChI is InChI=1S/C12H22N2O3/c1-7(2)5-8(10(15)16)13-11(17)14-9-6-12(9,3)4/h7-9H,5-6H2,1-4H3,(H,15,16)(H2,13,14,17). The predicted octanol–water partition coefficient (Wildman–Crippen LogP) is 1.58. The van der Waals surface area contributed by atoms with E-state index in [1.54, 1.807) is 0 Å². The normalized spacial score (nSPS) is 23.0. The lowest BCUT2D eigenvalue weighted by Crippen LogP contribution is -2.47. The van der Waals surface area contributed by atoms with Crippen LogP contribution in [0.2, 0.25) is 0 Å². The van der Waals surface area contributed by atoms with Crippen LogP contribution in [-0.4, -0.2) is 29.2 Å². The molecule has 0 bridgehead atoms. The number of aliphatic carboxylic acids is 1. The quantitative estimate of drug-likeness (QED) is 0.685. The van der Waals surface area contributed by atoms with Gasteiger partial charge in [-0.05, 0) is 24.2 Å². The van der Waals surface area contributed by atoms with E-state index in [1.165, 1.54) is 0 Å². The zero-order valence-electron chi connectivity index (χ0n) is 10.9. The molecular formula is C12H22N2O3. The van der Waals surface area contributed by atoms with Crippen LogP contribution in [0.5, 0.6) is 0 Å². The molecule has 5 nitrogen and oxygen atoms in total. The van der Waals surface area contributed by atoms with E-state index in [-0.39, 0.29) is 23.4 Å². The molecule has 3 N–H and O–H groups in total. The minimum Gasteiger partial charge on any atom is -0.480 e. The molecule has 1 aliphatic rings. The first-order valence-electron chi connectivity index (χ1n) is 6.02. The van der Waals surface area contributed by atoms with E-state index >= 15 is 0 Å². The molecule has 1 fully saturated rings. The van der Waals surface area contributed by atoms with Crippen molar-refractivity contribution in [2.45, 2.75) is 52.6 Å². The monoisotopic (exact) mass is 242 g/mol. The molecule has 0 spiro atoms. The van der Waals surface area contributed by atoms with Crippen LogP contribution in [0.1, 0.15) is 40.5 Å². The topological polar surface area (TPSA) is 78.4 Å². The van der Waals surface area contributed by atoms with Gasteiger partial charge >= 0.3 is 12.0 Å². The molecule has 1 aliphatic carbocycles. The number of carboxylic acids is 1. The van der Waals surface area contributed by atoms with Gasteiger partial charge in [0, 0.05) is 6.04 Å². The smallest absolute Gasteiger partial charge is 0.326 e.